The summed E-state index contributed by atoms with van der Waals surface area (Å²) in [7, 11) is 1.44. The highest BCUT2D eigenvalue weighted by molar-refractivity contribution is 6.17. The van der Waals surface area contributed by atoms with Crippen molar-refractivity contribution in [3.8, 4) is 0 Å². The Balaban J connectivity index is 1.31. The molecule has 2 aromatic carbocycles. The van der Waals surface area contributed by atoms with Gasteiger partial charge in [-0.3, -0.25) is 9.69 Å². The van der Waals surface area contributed by atoms with Crippen LogP contribution in [0.25, 0.3) is 0 Å². The van der Waals surface area contributed by atoms with Crippen molar-refractivity contribution in [2.45, 2.75) is 24.9 Å². The number of hydrogen-bond acceptors (Lipinski definition) is 5. The van der Waals surface area contributed by atoms with Crippen LogP contribution in [0.2, 0.25) is 0 Å². The zero-order valence-electron chi connectivity index (χ0n) is 15.8. The van der Waals surface area contributed by atoms with Gasteiger partial charge in [0.25, 0.3) is 0 Å². The van der Waals surface area contributed by atoms with E-state index in [2.05, 4.69) is 46.5 Å². The Morgan fingerprint density at radius 2 is 1.82 bits per heavy atom. The van der Waals surface area contributed by atoms with E-state index in [4.69, 9.17) is 21.2 Å². The molecule has 2 aliphatic rings. The molecule has 1 fully saturated rings. The maximum absolute atomic E-state index is 11.5. The van der Waals surface area contributed by atoms with Gasteiger partial charge in [-0.2, -0.15) is 0 Å². The summed E-state index contributed by atoms with van der Waals surface area (Å²) < 4.78 is 4.78. The first kappa shape index (κ1) is 19.0. The van der Waals surface area contributed by atoms with Crippen molar-refractivity contribution in [2.24, 2.45) is 11.1 Å². The number of ether oxygens (including phenoxy) is 1. The molecule has 146 valence electrons. The number of methoxy groups -OCH3 is 1. The van der Waals surface area contributed by atoms with Gasteiger partial charge in [0.2, 0.25) is 0 Å². The van der Waals surface area contributed by atoms with E-state index in [9.17, 15) is 4.79 Å². The molecule has 0 radical (unpaired) electrons. The van der Waals surface area contributed by atoms with Crippen molar-refractivity contribution in [2.75, 3.05) is 20.2 Å². The molecule has 0 N–H and O–H groups in total. The van der Waals surface area contributed by atoms with Crippen LogP contribution in [0.15, 0.2) is 53.7 Å². The van der Waals surface area contributed by atoms with Crippen LogP contribution in [0.4, 0.5) is 0 Å². The molecule has 0 bridgehead atoms. The predicted molar refractivity (Wildman–Crippen MR) is 108 cm³/mol. The maximum Gasteiger partial charge on any atom is 0.311 e. The second kappa shape index (κ2) is 8.33. The first-order valence-corrected chi connectivity index (χ1v) is 9.96. The van der Waals surface area contributed by atoms with E-state index < -0.39 is 0 Å². The molecular formula is C22H23ClN2O3. The van der Waals surface area contributed by atoms with Crippen LogP contribution in [-0.2, 0) is 26.8 Å². The molecule has 28 heavy (non-hydrogen) atoms. The fourth-order valence-corrected chi connectivity index (χ4v) is 3.80. The highest BCUT2D eigenvalue weighted by Crippen LogP contribution is 2.30. The average molecular weight is 399 g/mol. The van der Waals surface area contributed by atoms with Crippen molar-refractivity contribution < 1.29 is 14.4 Å². The van der Waals surface area contributed by atoms with Crippen molar-refractivity contribution in [3.05, 3.63) is 70.8 Å². The minimum absolute atomic E-state index is 0.0182. The molecule has 2 aliphatic heterocycles. The number of oxime groups is 1. The number of carbonyl (C=O) groups excluding carboxylic acids is 1. The van der Waals surface area contributed by atoms with Crippen LogP contribution in [0.5, 0.6) is 0 Å². The van der Waals surface area contributed by atoms with Gasteiger partial charge in [0.1, 0.15) is 0 Å². The van der Waals surface area contributed by atoms with Gasteiger partial charge in [0.15, 0.2) is 6.10 Å². The average Bonchev–Trinajstić information content (AvgIpc) is 3.20. The van der Waals surface area contributed by atoms with Crippen LogP contribution in [0.1, 0.15) is 34.8 Å². The predicted octanol–water partition coefficient (Wildman–Crippen LogP) is 3.90. The number of esters is 1. The molecular weight excluding hydrogens is 376 g/mol. The number of alkyl halides is 1. The van der Waals surface area contributed by atoms with E-state index in [1.807, 2.05) is 12.1 Å². The molecule has 5 nitrogen and oxygen atoms in total. The summed E-state index contributed by atoms with van der Waals surface area (Å²) in [5.41, 5.74) is 5.48. The molecule has 1 atom stereocenters. The Hall–Kier alpha value is -2.37. The summed E-state index contributed by atoms with van der Waals surface area (Å²) in [5, 5.41) is 4.29. The van der Waals surface area contributed by atoms with E-state index in [1.54, 1.807) is 0 Å². The van der Waals surface area contributed by atoms with Crippen LogP contribution in [0, 0.1) is 5.92 Å². The molecule has 0 spiro atoms. The van der Waals surface area contributed by atoms with Crippen LogP contribution < -0.4 is 0 Å². The topological polar surface area (TPSA) is 51.1 Å². The lowest BCUT2D eigenvalue weighted by Gasteiger charge is -2.37. The smallest absolute Gasteiger partial charge is 0.311 e. The zero-order chi connectivity index (χ0) is 19.5. The molecule has 0 saturated carbocycles. The summed E-state index contributed by atoms with van der Waals surface area (Å²) >= 11 is 5.85. The normalized spacial score (nSPS) is 19.6. The summed E-state index contributed by atoms with van der Waals surface area (Å²) in [5.74, 6) is 0.420. The fourth-order valence-electron chi connectivity index (χ4n) is 3.62. The number of rotatable bonds is 6. The van der Waals surface area contributed by atoms with Gasteiger partial charge >= 0.3 is 5.97 Å². The molecule has 2 aromatic rings. The first-order valence-electron chi connectivity index (χ1n) is 9.43. The second-order valence-electron chi connectivity index (χ2n) is 7.32. The zero-order valence-corrected chi connectivity index (χ0v) is 16.6. The third-order valence-corrected chi connectivity index (χ3v) is 5.67. The minimum Gasteiger partial charge on any atom is -0.469 e. The molecule has 0 amide bonds. The SMILES string of the molecule is COC(=O)C1CN(Cc2ccc(C3=NOC(c4ccc(CCl)cc4)C3)cc2)C1. The third-order valence-electron chi connectivity index (χ3n) is 5.36. The molecule has 4 rings (SSSR count). The Bertz CT molecular complexity index is 858. The third kappa shape index (κ3) is 4.05. The molecule has 6 heteroatoms. The van der Waals surface area contributed by atoms with Crippen molar-refractivity contribution in [1.82, 2.24) is 4.90 Å². The van der Waals surface area contributed by atoms with Crippen LogP contribution in [0.3, 0.4) is 0 Å². The van der Waals surface area contributed by atoms with E-state index in [0.717, 1.165) is 48.5 Å². The lowest BCUT2D eigenvalue weighted by atomic mass is 9.97. The molecule has 0 aliphatic carbocycles. The number of hydrogen-bond donors (Lipinski definition) is 0. The van der Waals surface area contributed by atoms with E-state index in [0.29, 0.717) is 5.88 Å². The summed E-state index contributed by atoms with van der Waals surface area (Å²) in [6, 6.07) is 16.6. The quantitative estimate of drug-likeness (QED) is 0.547. The van der Waals surface area contributed by atoms with Gasteiger partial charge in [0.05, 0.1) is 18.7 Å². The first-order chi connectivity index (χ1) is 13.7. The number of benzene rings is 2. The largest absolute Gasteiger partial charge is 0.469 e. The van der Waals surface area contributed by atoms with E-state index in [1.165, 1.54) is 12.7 Å². The molecule has 2 heterocycles. The highest BCUT2D eigenvalue weighted by Gasteiger charge is 2.33. The Morgan fingerprint density at radius 3 is 2.46 bits per heavy atom. The highest BCUT2D eigenvalue weighted by atomic mass is 35.5. The summed E-state index contributed by atoms with van der Waals surface area (Å²) in [6.07, 6.45) is 0.711. The lowest BCUT2D eigenvalue weighted by Crippen LogP contribution is -2.49. The minimum atomic E-state index is -0.113. The molecule has 1 unspecified atom stereocenters. The number of nitrogens with zero attached hydrogens (tertiary/aromatic N) is 2. The van der Waals surface area contributed by atoms with Gasteiger partial charge < -0.3 is 9.57 Å². The van der Waals surface area contributed by atoms with E-state index in [-0.39, 0.29) is 18.0 Å². The standard InChI is InChI=1S/C22H23ClN2O3/c1-27-22(26)19-13-25(14-19)12-16-4-6-17(7-5-16)20-10-21(28-24-20)18-8-2-15(11-23)3-9-18/h2-9,19,21H,10-14H2,1H3. The van der Waals surface area contributed by atoms with Crippen molar-refractivity contribution in [1.29, 1.82) is 0 Å². The number of likely N-dealkylation sites (tertiary alicyclic amines) is 1. The maximum atomic E-state index is 11.5. The molecule has 1 saturated heterocycles. The summed E-state index contributed by atoms with van der Waals surface area (Å²) in [6.45, 7) is 2.37. The van der Waals surface area contributed by atoms with Crippen LogP contribution in [-0.4, -0.2) is 36.8 Å². The van der Waals surface area contributed by atoms with E-state index >= 15 is 0 Å². The van der Waals surface area contributed by atoms with Gasteiger partial charge in [-0.25, -0.2) is 0 Å². The Labute approximate surface area is 169 Å². The molecule has 0 aromatic heterocycles. The number of carbonyl (C=O) groups is 1. The monoisotopic (exact) mass is 398 g/mol. The number of halogens is 1. The Kier molecular flexibility index (Phi) is 5.64. The van der Waals surface area contributed by atoms with Gasteiger partial charge in [-0.1, -0.05) is 53.7 Å². The van der Waals surface area contributed by atoms with Crippen LogP contribution >= 0.6 is 11.6 Å². The second-order valence-corrected chi connectivity index (χ2v) is 7.59. The van der Waals surface area contributed by atoms with Gasteiger partial charge in [0, 0.05) is 31.9 Å². The van der Waals surface area contributed by atoms with Gasteiger partial charge in [-0.15, -0.1) is 11.6 Å². The fraction of sp³-hybridized carbons (Fsp3) is 0.364. The van der Waals surface area contributed by atoms with Gasteiger partial charge in [-0.05, 0) is 22.3 Å². The Morgan fingerprint density at radius 1 is 1.14 bits per heavy atom. The lowest BCUT2D eigenvalue weighted by molar-refractivity contribution is -0.151. The van der Waals surface area contributed by atoms with Crippen molar-refractivity contribution >= 4 is 23.3 Å². The summed E-state index contributed by atoms with van der Waals surface area (Å²) in [4.78, 5) is 19.4. The van der Waals surface area contributed by atoms with Crippen molar-refractivity contribution in [3.63, 3.8) is 0 Å².